The van der Waals surface area contributed by atoms with E-state index in [4.69, 9.17) is 16.3 Å². The molecule has 1 aliphatic heterocycles. The number of benzene rings is 3. The van der Waals surface area contributed by atoms with Crippen LogP contribution in [0.2, 0.25) is 5.02 Å². The minimum atomic E-state index is -0.921. The molecule has 1 heterocycles. The molecule has 1 unspecified atom stereocenters. The molecule has 31 heavy (non-hydrogen) atoms. The predicted octanol–water partition coefficient (Wildman–Crippen LogP) is 5.11. The van der Waals surface area contributed by atoms with Crippen LogP contribution in [0.5, 0.6) is 5.75 Å². The highest BCUT2D eigenvalue weighted by Gasteiger charge is 2.47. The van der Waals surface area contributed by atoms with Gasteiger partial charge in [-0.15, -0.1) is 0 Å². The van der Waals surface area contributed by atoms with Gasteiger partial charge in [-0.25, -0.2) is 4.39 Å². The number of carbonyl (C=O) groups excluding carboxylic acids is 2. The fraction of sp³-hybridized carbons (Fsp3) is 0.0833. The molecule has 1 saturated heterocycles. The average Bonchev–Trinajstić information content (AvgIpc) is 3.05. The molecule has 4 rings (SSSR count). The summed E-state index contributed by atoms with van der Waals surface area (Å²) in [6, 6.07) is 17.7. The number of aliphatic hydroxyl groups excluding tert-OH is 1. The third kappa shape index (κ3) is 3.66. The van der Waals surface area contributed by atoms with E-state index < -0.39 is 29.3 Å². The molecule has 5 nitrogen and oxygen atoms in total. The minimum absolute atomic E-state index is 0.110. The van der Waals surface area contributed by atoms with Gasteiger partial charge in [-0.3, -0.25) is 14.5 Å². The second-order valence-corrected chi connectivity index (χ2v) is 7.34. The van der Waals surface area contributed by atoms with Gasteiger partial charge in [0.25, 0.3) is 11.7 Å². The highest BCUT2D eigenvalue weighted by atomic mass is 35.5. The number of ketones is 1. The number of hydrogen-bond donors (Lipinski definition) is 1. The summed E-state index contributed by atoms with van der Waals surface area (Å²) in [4.78, 5) is 27.4. The van der Waals surface area contributed by atoms with Gasteiger partial charge in [-0.1, -0.05) is 41.9 Å². The molecular weight excluding hydrogens is 421 g/mol. The zero-order chi connectivity index (χ0) is 22.1. The Hall–Kier alpha value is -3.64. The standard InChI is InChI=1S/C24H17ClFNO4/c1-31-19-12-7-15(25)13-18(19)22(28)20-21(14-5-3-2-4-6-14)27(24(30)23(20)29)17-10-8-16(26)9-11-17/h2-13,21,28H,1H3/b22-20+. The van der Waals surface area contributed by atoms with Crippen molar-refractivity contribution in [1.82, 2.24) is 0 Å². The summed E-state index contributed by atoms with van der Waals surface area (Å²) < 4.78 is 18.8. The van der Waals surface area contributed by atoms with E-state index in [0.29, 0.717) is 22.0 Å². The molecule has 0 radical (unpaired) electrons. The highest BCUT2D eigenvalue weighted by molar-refractivity contribution is 6.51. The van der Waals surface area contributed by atoms with Gasteiger partial charge in [-0.05, 0) is 48.0 Å². The van der Waals surface area contributed by atoms with Crippen LogP contribution in [0.1, 0.15) is 17.2 Å². The van der Waals surface area contributed by atoms with Gasteiger partial charge < -0.3 is 9.84 Å². The second-order valence-electron chi connectivity index (χ2n) is 6.90. The van der Waals surface area contributed by atoms with Crippen molar-refractivity contribution in [1.29, 1.82) is 0 Å². The molecule has 1 fully saturated rings. The van der Waals surface area contributed by atoms with Crippen LogP contribution in [0, 0.1) is 5.82 Å². The molecular formula is C24H17ClFNO4. The number of anilines is 1. The second kappa shape index (κ2) is 8.24. The Labute approximate surface area is 182 Å². The molecule has 3 aromatic rings. The SMILES string of the molecule is COc1ccc(Cl)cc1/C(O)=C1\C(=O)C(=O)N(c2ccc(F)cc2)C1c1ccccc1. The summed E-state index contributed by atoms with van der Waals surface area (Å²) in [7, 11) is 1.42. The van der Waals surface area contributed by atoms with Crippen LogP contribution in [0.15, 0.2) is 78.4 Å². The molecule has 156 valence electrons. The normalized spacial score (nSPS) is 17.8. The number of ether oxygens (including phenoxy) is 1. The molecule has 0 aromatic heterocycles. The van der Waals surface area contributed by atoms with Crippen LogP contribution in [-0.2, 0) is 9.59 Å². The Balaban J connectivity index is 1.97. The lowest BCUT2D eigenvalue weighted by Gasteiger charge is -2.25. The number of amides is 1. The third-order valence-electron chi connectivity index (χ3n) is 5.08. The van der Waals surface area contributed by atoms with E-state index in [1.807, 2.05) is 0 Å². The van der Waals surface area contributed by atoms with Crippen LogP contribution < -0.4 is 9.64 Å². The topological polar surface area (TPSA) is 66.8 Å². The van der Waals surface area contributed by atoms with Gasteiger partial charge in [0.2, 0.25) is 0 Å². The maximum absolute atomic E-state index is 13.5. The molecule has 1 amide bonds. The Bertz CT molecular complexity index is 1190. The summed E-state index contributed by atoms with van der Waals surface area (Å²) >= 11 is 6.10. The molecule has 0 saturated carbocycles. The van der Waals surface area contributed by atoms with Crippen molar-refractivity contribution >= 4 is 34.7 Å². The fourth-order valence-corrected chi connectivity index (χ4v) is 3.83. The number of nitrogens with zero attached hydrogens (tertiary/aromatic N) is 1. The highest BCUT2D eigenvalue weighted by Crippen LogP contribution is 2.43. The minimum Gasteiger partial charge on any atom is -0.507 e. The lowest BCUT2D eigenvalue weighted by atomic mass is 9.95. The number of hydrogen-bond acceptors (Lipinski definition) is 4. The molecule has 1 aliphatic rings. The number of methoxy groups -OCH3 is 1. The average molecular weight is 438 g/mol. The maximum atomic E-state index is 13.5. The fourth-order valence-electron chi connectivity index (χ4n) is 3.66. The van der Waals surface area contributed by atoms with E-state index in [1.54, 1.807) is 42.5 Å². The zero-order valence-electron chi connectivity index (χ0n) is 16.4. The van der Waals surface area contributed by atoms with E-state index in [9.17, 15) is 19.1 Å². The van der Waals surface area contributed by atoms with Crippen molar-refractivity contribution in [3.8, 4) is 5.75 Å². The monoisotopic (exact) mass is 437 g/mol. The van der Waals surface area contributed by atoms with Crippen molar-refractivity contribution in [3.63, 3.8) is 0 Å². The Kier molecular flexibility index (Phi) is 5.48. The first-order chi connectivity index (χ1) is 14.9. The van der Waals surface area contributed by atoms with Crippen molar-refractivity contribution in [3.05, 3.63) is 100 Å². The number of carbonyl (C=O) groups is 2. The summed E-state index contributed by atoms with van der Waals surface area (Å²) in [6.07, 6.45) is 0. The lowest BCUT2D eigenvalue weighted by molar-refractivity contribution is -0.132. The van der Waals surface area contributed by atoms with Gasteiger partial charge in [0.15, 0.2) is 0 Å². The molecule has 7 heteroatoms. The van der Waals surface area contributed by atoms with E-state index in [2.05, 4.69) is 0 Å². The van der Waals surface area contributed by atoms with Crippen LogP contribution >= 0.6 is 11.6 Å². The Morgan fingerprint density at radius 1 is 1.03 bits per heavy atom. The van der Waals surface area contributed by atoms with Gasteiger partial charge in [-0.2, -0.15) is 0 Å². The van der Waals surface area contributed by atoms with Crippen molar-refractivity contribution < 1.29 is 23.8 Å². The van der Waals surface area contributed by atoms with E-state index in [-0.39, 0.29) is 11.1 Å². The Morgan fingerprint density at radius 2 is 1.71 bits per heavy atom. The molecule has 0 aliphatic carbocycles. The summed E-state index contributed by atoms with van der Waals surface area (Å²) in [5.74, 6) is -2.28. The van der Waals surface area contributed by atoms with Gasteiger partial charge in [0, 0.05) is 10.7 Å². The van der Waals surface area contributed by atoms with E-state index >= 15 is 0 Å². The molecule has 3 aromatic carbocycles. The van der Waals surface area contributed by atoms with Crippen molar-refractivity contribution in [2.24, 2.45) is 0 Å². The first kappa shape index (κ1) is 20.6. The van der Waals surface area contributed by atoms with Crippen molar-refractivity contribution in [2.75, 3.05) is 12.0 Å². The quantitative estimate of drug-likeness (QED) is 0.350. The molecule has 0 spiro atoms. The Morgan fingerprint density at radius 3 is 2.35 bits per heavy atom. The predicted molar refractivity (Wildman–Crippen MR) is 116 cm³/mol. The zero-order valence-corrected chi connectivity index (χ0v) is 17.1. The van der Waals surface area contributed by atoms with Crippen LogP contribution in [0.4, 0.5) is 10.1 Å². The number of Topliss-reactive ketones (excluding diaryl/α,β-unsaturated/α-hetero) is 1. The van der Waals surface area contributed by atoms with E-state index in [0.717, 1.165) is 0 Å². The lowest BCUT2D eigenvalue weighted by Crippen LogP contribution is -2.29. The summed E-state index contributed by atoms with van der Waals surface area (Å²) in [6.45, 7) is 0. The smallest absolute Gasteiger partial charge is 0.300 e. The maximum Gasteiger partial charge on any atom is 0.300 e. The first-order valence-corrected chi connectivity index (χ1v) is 9.75. The van der Waals surface area contributed by atoms with Gasteiger partial charge in [0.1, 0.15) is 17.3 Å². The number of halogens is 2. The first-order valence-electron chi connectivity index (χ1n) is 9.38. The van der Waals surface area contributed by atoms with Gasteiger partial charge >= 0.3 is 0 Å². The van der Waals surface area contributed by atoms with Crippen LogP contribution in [0.3, 0.4) is 0 Å². The van der Waals surface area contributed by atoms with Crippen molar-refractivity contribution in [2.45, 2.75) is 6.04 Å². The number of rotatable bonds is 4. The molecule has 0 bridgehead atoms. The molecule has 1 N–H and O–H groups in total. The van der Waals surface area contributed by atoms with Crippen LogP contribution in [-0.4, -0.2) is 23.9 Å². The van der Waals surface area contributed by atoms with Crippen LogP contribution in [0.25, 0.3) is 5.76 Å². The largest absolute Gasteiger partial charge is 0.507 e. The summed E-state index contributed by atoms with van der Waals surface area (Å²) in [5.41, 5.74) is 1.01. The molecule has 1 atom stereocenters. The summed E-state index contributed by atoms with van der Waals surface area (Å²) in [5, 5.41) is 11.5. The number of aliphatic hydroxyl groups is 1. The third-order valence-corrected chi connectivity index (χ3v) is 5.32. The van der Waals surface area contributed by atoms with E-state index in [1.165, 1.54) is 42.3 Å². The van der Waals surface area contributed by atoms with Gasteiger partial charge in [0.05, 0.1) is 24.3 Å².